The fourth-order valence-corrected chi connectivity index (χ4v) is 7.94. The Labute approximate surface area is 242 Å². The standard InChI is InChI=1S/C31H39BN2O6S/c1-30(2)21-15-26(30)31(3)27(16-21)39-32(40-31)28(14-20-18-38-25-10-8-7-9-24(20)25)33-29(35)13-19-11-22(34-41(5,6)36)17-23(12-19)37-4/h7-12,17-18,21,26-28H,13-16H2,1-6H3,(H,33,35)/t21-,26-,27+,28-,31-/m0/s1. The van der Waals surface area contributed by atoms with E-state index in [4.69, 9.17) is 18.5 Å². The van der Waals surface area contributed by atoms with Crippen LogP contribution >= 0.6 is 0 Å². The van der Waals surface area contributed by atoms with Gasteiger partial charge in [0.25, 0.3) is 0 Å². The zero-order valence-electron chi connectivity index (χ0n) is 24.6. The van der Waals surface area contributed by atoms with E-state index in [1.807, 2.05) is 24.3 Å². The number of rotatable bonds is 8. The molecule has 1 aromatic heterocycles. The summed E-state index contributed by atoms with van der Waals surface area (Å²) in [7, 11) is -1.40. The number of carbonyl (C=O) groups excluding carboxylic acids is 1. The van der Waals surface area contributed by atoms with Gasteiger partial charge in [-0.25, -0.2) is 4.21 Å². The second kappa shape index (κ2) is 10.2. The van der Waals surface area contributed by atoms with Crippen LogP contribution in [0.25, 0.3) is 11.0 Å². The molecule has 1 saturated heterocycles. The summed E-state index contributed by atoms with van der Waals surface area (Å²) < 4.78 is 41.3. The van der Waals surface area contributed by atoms with Crippen LogP contribution in [0.1, 0.15) is 44.7 Å². The summed E-state index contributed by atoms with van der Waals surface area (Å²) in [5.41, 5.74) is 2.86. The second-order valence-electron chi connectivity index (χ2n) is 13.0. The van der Waals surface area contributed by atoms with Gasteiger partial charge >= 0.3 is 7.12 Å². The maximum Gasteiger partial charge on any atom is 0.482 e. The topological polar surface area (TPSA) is 99.4 Å². The third-order valence-electron chi connectivity index (χ3n) is 9.52. The van der Waals surface area contributed by atoms with E-state index in [0.29, 0.717) is 35.3 Å². The van der Waals surface area contributed by atoms with Crippen molar-refractivity contribution in [3.63, 3.8) is 0 Å². The second-order valence-corrected chi connectivity index (χ2v) is 15.5. The highest BCUT2D eigenvalue weighted by Crippen LogP contribution is 2.65. The van der Waals surface area contributed by atoms with Crippen LogP contribution in [-0.2, 0) is 36.7 Å². The molecule has 5 atom stereocenters. The molecule has 1 N–H and O–H groups in total. The number of methoxy groups -OCH3 is 1. The Kier molecular flexibility index (Phi) is 7.02. The predicted octanol–water partition coefficient (Wildman–Crippen LogP) is 5.34. The summed E-state index contributed by atoms with van der Waals surface area (Å²) in [5, 5.41) is 4.25. The summed E-state index contributed by atoms with van der Waals surface area (Å²) in [6.07, 6.45) is 7.65. The molecule has 7 rings (SSSR count). The zero-order valence-corrected chi connectivity index (χ0v) is 25.5. The highest BCUT2D eigenvalue weighted by Gasteiger charge is 2.68. The van der Waals surface area contributed by atoms with Crippen molar-refractivity contribution in [2.45, 2.75) is 64.1 Å². The van der Waals surface area contributed by atoms with E-state index in [2.05, 4.69) is 30.5 Å². The summed E-state index contributed by atoms with van der Waals surface area (Å²) >= 11 is 0. The summed E-state index contributed by atoms with van der Waals surface area (Å²) in [5.74, 6) is 1.01. The average molecular weight is 579 g/mol. The molecular weight excluding hydrogens is 539 g/mol. The molecule has 0 unspecified atom stereocenters. The lowest BCUT2D eigenvalue weighted by Crippen LogP contribution is -2.65. The first-order chi connectivity index (χ1) is 19.4. The van der Waals surface area contributed by atoms with Gasteiger partial charge in [0.2, 0.25) is 5.91 Å². The molecule has 0 radical (unpaired) electrons. The molecule has 10 heteroatoms. The number of furan rings is 1. The van der Waals surface area contributed by atoms with E-state index in [1.54, 1.807) is 44.1 Å². The normalized spacial score (nSPS) is 27.2. The first-order valence-electron chi connectivity index (χ1n) is 14.3. The fourth-order valence-electron chi connectivity index (χ4n) is 7.33. The highest BCUT2D eigenvalue weighted by atomic mass is 32.2. The van der Waals surface area contributed by atoms with E-state index in [-0.39, 0.29) is 29.4 Å². The van der Waals surface area contributed by atoms with Crippen LogP contribution in [0.2, 0.25) is 0 Å². The van der Waals surface area contributed by atoms with Gasteiger partial charge in [0.15, 0.2) is 0 Å². The number of nitrogens with one attached hydrogen (secondary N) is 1. The van der Waals surface area contributed by atoms with Gasteiger partial charge in [0.05, 0.1) is 43.1 Å². The maximum absolute atomic E-state index is 13.6. The first-order valence-corrected chi connectivity index (χ1v) is 16.6. The van der Waals surface area contributed by atoms with Gasteiger partial charge in [-0.05, 0) is 72.8 Å². The Hall–Kier alpha value is -2.82. The molecule has 3 saturated carbocycles. The lowest BCUT2D eigenvalue weighted by Gasteiger charge is -2.64. The van der Waals surface area contributed by atoms with Crippen molar-refractivity contribution in [1.29, 1.82) is 0 Å². The quantitative estimate of drug-likeness (QED) is 0.363. The van der Waals surface area contributed by atoms with Crippen molar-refractivity contribution in [3.8, 4) is 5.75 Å². The Morgan fingerprint density at radius 2 is 1.98 bits per heavy atom. The molecule has 1 amide bonds. The number of amides is 1. The van der Waals surface area contributed by atoms with Gasteiger partial charge in [0, 0.05) is 33.7 Å². The summed E-state index contributed by atoms with van der Waals surface area (Å²) in [6.45, 7) is 6.86. The van der Waals surface area contributed by atoms with Gasteiger partial charge in [-0.3, -0.25) is 4.79 Å². The van der Waals surface area contributed by atoms with Crippen LogP contribution in [0.3, 0.4) is 0 Å². The first kappa shape index (κ1) is 28.3. The smallest absolute Gasteiger partial charge is 0.482 e. The third kappa shape index (κ3) is 5.30. The molecule has 2 aromatic carbocycles. The predicted molar refractivity (Wildman–Crippen MR) is 161 cm³/mol. The van der Waals surface area contributed by atoms with E-state index >= 15 is 0 Å². The summed E-state index contributed by atoms with van der Waals surface area (Å²) in [6, 6.07) is 13.2. The molecule has 3 aliphatic carbocycles. The van der Waals surface area contributed by atoms with Crippen LogP contribution < -0.4 is 10.1 Å². The van der Waals surface area contributed by atoms with Crippen molar-refractivity contribution in [2.24, 2.45) is 21.6 Å². The largest absolute Gasteiger partial charge is 0.497 e. The number of fused-ring (bicyclic) bond motifs is 1. The number of ether oxygens (including phenoxy) is 1. The number of hydrogen-bond donors (Lipinski definition) is 1. The molecule has 4 fully saturated rings. The Morgan fingerprint density at radius 1 is 1.20 bits per heavy atom. The molecule has 1 aliphatic heterocycles. The van der Waals surface area contributed by atoms with Crippen molar-refractivity contribution in [3.05, 3.63) is 59.9 Å². The fraction of sp³-hybridized carbons (Fsp3) is 0.516. The highest BCUT2D eigenvalue weighted by molar-refractivity contribution is 7.92. The maximum atomic E-state index is 13.6. The lowest BCUT2D eigenvalue weighted by molar-refractivity contribution is -0.199. The number of nitrogens with zero attached hydrogens (tertiary/aromatic N) is 1. The van der Waals surface area contributed by atoms with Crippen LogP contribution in [0.4, 0.5) is 5.69 Å². The van der Waals surface area contributed by atoms with Gasteiger partial charge in [0.1, 0.15) is 11.3 Å². The minimum Gasteiger partial charge on any atom is -0.497 e. The Balaban J connectivity index is 1.26. The zero-order chi connectivity index (χ0) is 29.2. The average Bonchev–Trinajstić information content (AvgIpc) is 3.47. The van der Waals surface area contributed by atoms with E-state index in [0.717, 1.165) is 29.4 Å². The monoisotopic (exact) mass is 578 g/mol. The van der Waals surface area contributed by atoms with Crippen molar-refractivity contribution in [1.82, 2.24) is 5.32 Å². The van der Waals surface area contributed by atoms with Crippen LogP contribution in [-0.4, -0.2) is 54.5 Å². The SMILES string of the molecule is COc1cc(CC(=O)N[C@@H](Cc2coc3ccccc23)B2O[C@@H]3C[C@@H]4C[C@@H](C4(C)C)[C@]3(C)O2)cc(N=S(C)(C)=O)c1. The van der Waals surface area contributed by atoms with Crippen LogP contribution in [0, 0.1) is 17.3 Å². The van der Waals surface area contributed by atoms with Gasteiger partial charge in [-0.2, -0.15) is 4.36 Å². The minimum absolute atomic E-state index is 0.00488. The molecule has 4 aliphatic rings. The number of para-hydroxylation sites is 1. The van der Waals surface area contributed by atoms with Gasteiger partial charge in [-0.15, -0.1) is 0 Å². The molecule has 8 nitrogen and oxygen atoms in total. The molecular formula is C31H39BN2O6S. The number of carbonyl (C=O) groups is 1. The van der Waals surface area contributed by atoms with Crippen molar-refractivity contribution >= 4 is 39.4 Å². The van der Waals surface area contributed by atoms with E-state index in [9.17, 15) is 9.00 Å². The van der Waals surface area contributed by atoms with Crippen molar-refractivity contribution < 1.29 is 27.5 Å². The molecule has 2 heterocycles. The molecule has 2 bridgehead atoms. The molecule has 0 spiro atoms. The Bertz CT molecular complexity index is 1600. The molecule has 3 aromatic rings. The minimum atomic E-state index is -2.37. The lowest BCUT2D eigenvalue weighted by atomic mass is 9.43. The third-order valence-corrected chi connectivity index (χ3v) is 10.2. The van der Waals surface area contributed by atoms with Gasteiger partial charge in [-0.1, -0.05) is 32.0 Å². The van der Waals surface area contributed by atoms with Gasteiger partial charge < -0.3 is 23.8 Å². The number of benzene rings is 2. The van der Waals surface area contributed by atoms with E-state index in [1.165, 1.54) is 0 Å². The number of hydrogen-bond acceptors (Lipinski definition) is 7. The van der Waals surface area contributed by atoms with Crippen molar-refractivity contribution in [2.75, 3.05) is 19.6 Å². The Morgan fingerprint density at radius 3 is 2.71 bits per heavy atom. The van der Waals surface area contributed by atoms with Crippen LogP contribution in [0.15, 0.2) is 57.5 Å². The van der Waals surface area contributed by atoms with Crippen LogP contribution in [0.5, 0.6) is 5.75 Å². The summed E-state index contributed by atoms with van der Waals surface area (Å²) in [4.78, 5) is 13.6. The van der Waals surface area contributed by atoms with E-state index < -0.39 is 22.8 Å². The molecule has 41 heavy (non-hydrogen) atoms. The molecule has 218 valence electrons.